The van der Waals surface area contributed by atoms with Crippen LogP contribution in [0.2, 0.25) is 0 Å². The van der Waals surface area contributed by atoms with E-state index < -0.39 is 0 Å². The first kappa shape index (κ1) is 20.8. The van der Waals surface area contributed by atoms with Crippen LogP contribution in [0, 0.1) is 0 Å². The van der Waals surface area contributed by atoms with Crippen molar-refractivity contribution in [3.63, 3.8) is 0 Å². The number of rotatable bonds is 8. The Morgan fingerprint density at radius 2 is 2.07 bits per heavy atom. The molecule has 2 atom stereocenters. The molecule has 0 aliphatic carbocycles. The van der Waals surface area contributed by atoms with Crippen LogP contribution in [-0.2, 0) is 0 Å². The Labute approximate surface area is 172 Å². The molecule has 1 aliphatic rings. The summed E-state index contributed by atoms with van der Waals surface area (Å²) < 4.78 is 6.26. The molecule has 2 aromatic rings. The molecule has 0 spiro atoms. The predicted octanol–water partition coefficient (Wildman–Crippen LogP) is 3.96. The fourth-order valence-corrected chi connectivity index (χ4v) is 4.66. The van der Waals surface area contributed by atoms with Crippen molar-refractivity contribution in [1.82, 2.24) is 15.5 Å². The summed E-state index contributed by atoms with van der Waals surface area (Å²) in [5.41, 5.74) is 1.70. The summed E-state index contributed by atoms with van der Waals surface area (Å²) in [5, 5.41) is 8.54. The summed E-state index contributed by atoms with van der Waals surface area (Å²) in [6, 6.07) is 10.2. The number of hydrogen-bond donors (Lipinski definition) is 2. The Hall–Kier alpha value is -1.89. The summed E-state index contributed by atoms with van der Waals surface area (Å²) in [7, 11) is 0. The smallest absolute Gasteiger partial charge is 0.256 e. The molecular weight excluding hydrogens is 370 g/mol. The van der Waals surface area contributed by atoms with Crippen LogP contribution < -0.4 is 15.4 Å². The monoisotopic (exact) mass is 401 g/mol. The van der Waals surface area contributed by atoms with E-state index in [1.165, 1.54) is 0 Å². The molecule has 1 fully saturated rings. The van der Waals surface area contributed by atoms with Gasteiger partial charge in [-0.05, 0) is 45.0 Å². The normalized spacial score (nSPS) is 18.1. The third-order valence-corrected chi connectivity index (χ3v) is 6.28. The quantitative estimate of drug-likeness (QED) is 0.658. The van der Waals surface area contributed by atoms with Gasteiger partial charge in [0.2, 0.25) is 0 Å². The number of nitrogens with one attached hydrogen (secondary N) is 2. The Morgan fingerprint density at radius 1 is 1.32 bits per heavy atom. The number of hydrogen-bond acceptors (Lipinski definition) is 5. The van der Waals surface area contributed by atoms with E-state index in [1.54, 1.807) is 11.3 Å². The molecule has 0 radical (unpaired) electrons. The molecule has 28 heavy (non-hydrogen) atoms. The van der Waals surface area contributed by atoms with Crippen LogP contribution in [0.15, 0.2) is 35.7 Å². The fraction of sp³-hybridized carbons (Fsp3) is 0.500. The van der Waals surface area contributed by atoms with Crippen molar-refractivity contribution in [2.24, 2.45) is 0 Å². The molecule has 2 heterocycles. The zero-order valence-electron chi connectivity index (χ0n) is 17.0. The first-order chi connectivity index (χ1) is 13.6. The van der Waals surface area contributed by atoms with Gasteiger partial charge in [-0.2, -0.15) is 0 Å². The van der Waals surface area contributed by atoms with Gasteiger partial charge >= 0.3 is 0 Å². The number of nitrogens with zero attached hydrogens (tertiary/aromatic N) is 1. The zero-order valence-corrected chi connectivity index (χ0v) is 17.8. The van der Waals surface area contributed by atoms with Crippen LogP contribution in [0.3, 0.4) is 0 Å². The Balaban J connectivity index is 1.89. The average Bonchev–Trinajstić information content (AvgIpc) is 3.14. The number of piperidine rings is 1. The lowest BCUT2D eigenvalue weighted by Gasteiger charge is -2.27. The minimum absolute atomic E-state index is 0.0458. The van der Waals surface area contributed by atoms with Crippen LogP contribution in [0.25, 0.3) is 10.4 Å². The Kier molecular flexibility index (Phi) is 7.48. The number of ether oxygens (including phenoxy) is 1. The summed E-state index contributed by atoms with van der Waals surface area (Å²) in [4.78, 5) is 16.4. The summed E-state index contributed by atoms with van der Waals surface area (Å²) in [6.07, 6.45) is 2.01. The summed E-state index contributed by atoms with van der Waals surface area (Å²) in [5.74, 6) is 0.625. The largest absolute Gasteiger partial charge is 0.474 e. The molecule has 0 bridgehead atoms. The van der Waals surface area contributed by atoms with E-state index in [0.717, 1.165) is 49.5 Å². The summed E-state index contributed by atoms with van der Waals surface area (Å²) >= 11 is 1.57. The molecule has 1 aromatic heterocycles. The minimum Gasteiger partial charge on any atom is -0.474 e. The topological polar surface area (TPSA) is 53.6 Å². The van der Waals surface area contributed by atoms with E-state index in [4.69, 9.17) is 4.74 Å². The van der Waals surface area contributed by atoms with Crippen molar-refractivity contribution in [1.29, 1.82) is 0 Å². The first-order valence-electron chi connectivity index (χ1n) is 10.2. The molecule has 0 saturated carbocycles. The lowest BCUT2D eigenvalue weighted by Crippen LogP contribution is -2.45. The van der Waals surface area contributed by atoms with Crippen LogP contribution >= 0.6 is 11.3 Å². The van der Waals surface area contributed by atoms with Crippen molar-refractivity contribution in [3.05, 3.63) is 41.3 Å². The number of benzene rings is 1. The van der Waals surface area contributed by atoms with Gasteiger partial charge in [0.25, 0.3) is 5.91 Å². The fourth-order valence-electron chi connectivity index (χ4n) is 3.67. The van der Waals surface area contributed by atoms with Gasteiger partial charge in [-0.1, -0.05) is 44.2 Å². The molecule has 1 aliphatic heterocycles. The molecule has 1 amide bonds. The second kappa shape index (κ2) is 10.0. The van der Waals surface area contributed by atoms with Crippen molar-refractivity contribution in [2.45, 2.75) is 45.9 Å². The Bertz CT molecular complexity index is 752. The molecule has 6 heteroatoms. The van der Waals surface area contributed by atoms with E-state index in [0.29, 0.717) is 11.3 Å². The highest BCUT2D eigenvalue weighted by Crippen LogP contribution is 2.38. The lowest BCUT2D eigenvalue weighted by atomic mass is 10.1. The molecule has 5 nitrogen and oxygen atoms in total. The van der Waals surface area contributed by atoms with Crippen LogP contribution in [0.5, 0.6) is 5.75 Å². The third-order valence-electron chi connectivity index (χ3n) is 5.28. The van der Waals surface area contributed by atoms with E-state index in [2.05, 4.69) is 29.4 Å². The second-order valence-electron chi connectivity index (χ2n) is 7.13. The van der Waals surface area contributed by atoms with Crippen LogP contribution in [-0.4, -0.2) is 49.3 Å². The van der Waals surface area contributed by atoms with Gasteiger partial charge in [0, 0.05) is 18.0 Å². The first-order valence-corrected chi connectivity index (χ1v) is 11.1. The van der Waals surface area contributed by atoms with Crippen LogP contribution in [0.4, 0.5) is 0 Å². The van der Waals surface area contributed by atoms with E-state index in [1.807, 2.05) is 42.6 Å². The van der Waals surface area contributed by atoms with Gasteiger partial charge in [0.1, 0.15) is 17.5 Å². The van der Waals surface area contributed by atoms with Gasteiger partial charge in [0.15, 0.2) is 0 Å². The number of thiophene rings is 1. The molecule has 152 valence electrons. The molecule has 1 saturated heterocycles. The van der Waals surface area contributed by atoms with Crippen molar-refractivity contribution in [2.75, 3.05) is 26.2 Å². The van der Waals surface area contributed by atoms with Gasteiger partial charge in [-0.3, -0.25) is 9.69 Å². The zero-order chi connectivity index (χ0) is 19.9. The van der Waals surface area contributed by atoms with Gasteiger partial charge in [0.05, 0.1) is 4.88 Å². The standard InChI is InChI=1S/C22H31N3O2S/c1-4-25(5-2)16(3)27-19-15-28-21(17-10-7-6-8-11-17)20(19)22(26)24-18-12-9-13-23-14-18/h6-8,10-11,15-16,18,23H,4-5,9,12-14H2,1-3H3,(H,24,26). The maximum Gasteiger partial charge on any atom is 0.256 e. The second-order valence-corrected chi connectivity index (χ2v) is 8.00. The number of carbonyl (C=O) groups excluding carboxylic acids is 1. The predicted molar refractivity (Wildman–Crippen MR) is 116 cm³/mol. The van der Waals surface area contributed by atoms with Gasteiger partial charge in [-0.15, -0.1) is 11.3 Å². The average molecular weight is 402 g/mol. The molecule has 2 N–H and O–H groups in total. The molecule has 1 aromatic carbocycles. The third kappa shape index (κ3) is 4.93. The van der Waals surface area contributed by atoms with Crippen molar-refractivity contribution >= 4 is 17.2 Å². The lowest BCUT2D eigenvalue weighted by molar-refractivity contribution is 0.0473. The molecule has 3 rings (SSSR count). The van der Waals surface area contributed by atoms with Crippen molar-refractivity contribution < 1.29 is 9.53 Å². The van der Waals surface area contributed by atoms with Crippen molar-refractivity contribution in [3.8, 4) is 16.2 Å². The SMILES string of the molecule is CCN(CC)C(C)Oc1csc(-c2ccccc2)c1C(=O)NC1CCCNC1. The maximum absolute atomic E-state index is 13.3. The highest BCUT2D eigenvalue weighted by atomic mass is 32.1. The maximum atomic E-state index is 13.3. The number of amides is 1. The van der Waals surface area contributed by atoms with Gasteiger partial charge < -0.3 is 15.4 Å². The highest BCUT2D eigenvalue weighted by molar-refractivity contribution is 7.14. The minimum atomic E-state index is -0.0869. The highest BCUT2D eigenvalue weighted by Gasteiger charge is 2.26. The molecular formula is C22H31N3O2S. The van der Waals surface area contributed by atoms with Crippen LogP contribution in [0.1, 0.15) is 44.0 Å². The van der Waals surface area contributed by atoms with Gasteiger partial charge in [-0.25, -0.2) is 0 Å². The van der Waals surface area contributed by atoms with E-state index in [-0.39, 0.29) is 18.2 Å². The summed E-state index contributed by atoms with van der Waals surface area (Å²) in [6.45, 7) is 9.94. The number of carbonyl (C=O) groups is 1. The van der Waals surface area contributed by atoms with E-state index in [9.17, 15) is 4.79 Å². The molecule has 2 unspecified atom stereocenters. The van der Waals surface area contributed by atoms with E-state index >= 15 is 0 Å². The Morgan fingerprint density at radius 3 is 2.71 bits per heavy atom.